The van der Waals surface area contributed by atoms with Crippen molar-refractivity contribution >= 4 is 29.4 Å². The first kappa shape index (κ1) is 16.4. The number of carbonyl (C=O) groups excluding carboxylic acids is 1. The Kier molecular flexibility index (Phi) is 5.63. The number of hydrogen-bond donors (Lipinski definition) is 1. The van der Waals surface area contributed by atoms with E-state index < -0.39 is 4.92 Å². The molecule has 1 N–H and O–H groups in total. The van der Waals surface area contributed by atoms with Gasteiger partial charge in [0.2, 0.25) is 5.91 Å². The van der Waals surface area contributed by atoms with Crippen LogP contribution >= 0.6 is 0 Å². The molecule has 5 heteroatoms. The fourth-order valence-electron chi connectivity index (χ4n) is 2.10. The van der Waals surface area contributed by atoms with Crippen LogP contribution < -0.4 is 5.32 Å². The number of nitro groups is 1. The molecule has 0 aliphatic carbocycles. The van der Waals surface area contributed by atoms with Gasteiger partial charge in [-0.2, -0.15) is 0 Å². The molecule has 23 heavy (non-hydrogen) atoms. The maximum atomic E-state index is 11.8. The summed E-state index contributed by atoms with van der Waals surface area (Å²) in [5.74, 6) is -0.151. The van der Waals surface area contributed by atoms with E-state index in [1.54, 1.807) is 6.07 Å². The van der Waals surface area contributed by atoms with Crippen LogP contribution in [0.5, 0.6) is 0 Å². The normalized spacial score (nSPS) is 10.7. The van der Waals surface area contributed by atoms with Crippen molar-refractivity contribution in [3.8, 4) is 0 Å². The molecule has 0 aliphatic rings. The number of nitrogens with one attached hydrogen (secondary N) is 1. The Hall–Kier alpha value is -2.95. The molecule has 0 heterocycles. The predicted octanol–water partition coefficient (Wildman–Crippen LogP) is 4.50. The van der Waals surface area contributed by atoms with Crippen LogP contribution in [0.4, 0.5) is 11.4 Å². The third-order valence-electron chi connectivity index (χ3n) is 3.25. The van der Waals surface area contributed by atoms with E-state index in [2.05, 4.69) is 5.32 Å². The first-order valence-corrected chi connectivity index (χ1v) is 7.41. The van der Waals surface area contributed by atoms with Crippen LogP contribution in [0.25, 0.3) is 12.2 Å². The van der Waals surface area contributed by atoms with Gasteiger partial charge in [0.05, 0.1) is 10.6 Å². The van der Waals surface area contributed by atoms with Crippen LogP contribution in [-0.2, 0) is 4.79 Å². The number of benzene rings is 2. The Morgan fingerprint density at radius 2 is 1.91 bits per heavy atom. The van der Waals surface area contributed by atoms with Crippen molar-refractivity contribution in [2.45, 2.75) is 19.8 Å². The van der Waals surface area contributed by atoms with Gasteiger partial charge in [0.15, 0.2) is 0 Å². The monoisotopic (exact) mass is 310 g/mol. The molecule has 0 spiro atoms. The number of anilines is 1. The lowest BCUT2D eigenvalue weighted by atomic mass is 10.1. The highest BCUT2D eigenvalue weighted by Gasteiger charge is 2.11. The summed E-state index contributed by atoms with van der Waals surface area (Å²) in [4.78, 5) is 22.3. The molecule has 0 atom stereocenters. The van der Waals surface area contributed by atoms with Crippen LogP contribution in [0.2, 0.25) is 0 Å². The maximum Gasteiger partial charge on any atom is 0.271 e. The van der Waals surface area contributed by atoms with Gasteiger partial charge in [0.25, 0.3) is 5.69 Å². The van der Waals surface area contributed by atoms with Crippen molar-refractivity contribution in [2.24, 2.45) is 0 Å². The fraction of sp³-hybridized carbons (Fsp3) is 0.167. The highest BCUT2D eigenvalue weighted by Crippen LogP contribution is 2.25. The van der Waals surface area contributed by atoms with Crippen molar-refractivity contribution in [1.82, 2.24) is 0 Å². The van der Waals surface area contributed by atoms with E-state index in [9.17, 15) is 14.9 Å². The van der Waals surface area contributed by atoms with Crippen molar-refractivity contribution < 1.29 is 9.72 Å². The van der Waals surface area contributed by atoms with E-state index in [0.29, 0.717) is 12.1 Å². The molecule has 0 radical (unpaired) electrons. The smallest absolute Gasteiger partial charge is 0.271 e. The van der Waals surface area contributed by atoms with Crippen LogP contribution in [0.15, 0.2) is 48.5 Å². The number of non-ortho nitro benzene ring substituents is 1. The molecule has 0 aliphatic heterocycles. The standard InChI is InChI=1S/C18H18N2O3/c1-2-6-18(21)19-17-13-16(20(22)23)12-11-15(17)10-9-14-7-4-3-5-8-14/h3-5,7-13H,2,6H2,1H3,(H,19,21). The third-order valence-corrected chi connectivity index (χ3v) is 3.25. The number of hydrogen-bond acceptors (Lipinski definition) is 3. The Balaban J connectivity index is 2.31. The van der Waals surface area contributed by atoms with Crippen LogP contribution in [0, 0.1) is 10.1 Å². The molecule has 0 bridgehead atoms. The maximum absolute atomic E-state index is 11.8. The summed E-state index contributed by atoms with van der Waals surface area (Å²) >= 11 is 0. The molecular weight excluding hydrogens is 292 g/mol. The number of nitrogens with zero attached hydrogens (tertiary/aromatic N) is 1. The average molecular weight is 310 g/mol. The molecule has 118 valence electrons. The molecule has 2 aromatic rings. The highest BCUT2D eigenvalue weighted by atomic mass is 16.6. The zero-order valence-corrected chi connectivity index (χ0v) is 12.9. The molecule has 0 saturated heterocycles. The Morgan fingerprint density at radius 3 is 2.57 bits per heavy atom. The second kappa shape index (κ2) is 7.89. The first-order valence-electron chi connectivity index (χ1n) is 7.41. The Morgan fingerprint density at radius 1 is 1.17 bits per heavy atom. The van der Waals surface area contributed by atoms with Crippen molar-refractivity contribution in [3.05, 3.63) is 69.8 Å². The van der Waals surface area contributed by atoms with Gasteiger partial charge in [-0.25, -0.2) is 0 Å². The minimum atomic E-state index is -0.472. The Bertz CT molecular complexity index is 724. The van der Waals surface area contributed by atoms with Gasteiger partial charge in [-0.3, -0.25) is 14.9 Å². The van der Waals surface area contributed by atoms with E-state index in [-0.39, 0.29) is 11.6 Å². The highest BCUT2D eigenvalue weighted by molar-refractivity contribution is 5.94. The van der Waals surface area contributed by atoms with Gasteiger partial charge in [-0.1, -0.05) is 49.4 Å². The van der Waals surface area contributed by atoms with Crippen molar-refractivity contribution in [2.75, 3.05) is 5.32 Å². The number of rotatable bonds is 6. The second-order valence-electron chi connectivity index (χ2n) is 5.07. The van der Waals surface area contributed by atoms with Crippen molar-refractivity contribution in [3.63, 3.8) is 0 Å². The van der Waals surface area contributed by atoms with Crippen LogP contribution in [0.1, 0.15) is 30.9 Å². The van der Waals surface area contributed by atoms with Gasteiger partial charge in [0, 0.05) is 18.6 Å². The fourth-order valence-corrected chi connectivity index (χ4v) is 2.10. The summed E-state index contributed by atoms with van der Waals surface area (Å²) < 4.78 is 0. The lowest BCUT2D eigenvalue weighted by molar-refractivity contribution is -0.384. The molecule has 2 rings (SSSR count). The largest absolute Gasteiger partial charge is 0.325 e. The van der Waals surface area contributed by atoms with Crippen LogP contribution in [-0.4, -0.2) is 10.8 Å². The summed E-state index contributed by atoms with van der Waals surface area (Å²) in [5, 5.41) is 13.7. The molecule has 2 aromatic carbocycles. The summed E-state index contributed by atoms with van der Waals surface area (Å²) in [6.45, 7) is 1.91. The quantitative estimate of drug-likeness (QED) is 0.485. The molecule has 5 nitrogen and oxygen atoms in total. The van der Waals surface area contributed by atoms with E-state index in [1.165, 1.54) is 12.1 Å². The minimum Gasteiger partial charge on any atom is -0.325 e. The van der Waals surface area contributed by atoms with E-state index in [1.807, 2.05) is 49.4 Å². The van der Waals surface area contributed by atoms with Gasteiger partial charge in [0.1, 0.15) is 0 Å². The number of nitro benzene ring substituents is 1. The molecule has 0 unspecified atom stereocenters. The number of carbonyl (C=O) groups is 1. The third kappa shape index (κ3) is 4.78. The van der Waals surface area contributed by atoms with Gasteiger partial charge in [-0.05, 0) is 23.6 Å². The summed E-state index contributed by atoms with van der Waals surface area (Å²) in [6, 6.07) is 14.2. The average Bonchev–Trinajstić information content (AvgIpc) is 2.54. The molecular formula is C18H18N2O3. The SMILES string of the molecule is CCCC(=O)Nc1cc([N+](=O)[O-])ccc1C=Cc1ccccc1. The second-order valence-corrected chi connectivity index (χ2v) is 5.07. The van der Waals surface area contributed by atoms with E-state index in [0.717, 1.165) is 17.5 Å². The summed E-state index contributed by atoms with van der Waals surface area (Å²) in [5.41, 5.74) is 2.14. The zero-order chi connectivity index (χ0) is 16.7. The first-order chi connectivity index (χ1) is 11.1. The van der Waals surface area contributed by atoms with Gasteiger partial charge in [-0.15, -0.1) is 0 Å². The number of amides is 1. The summed E-state index contributed by atoms with van der Waals surface area (Å²) in [7, 11) is 0. The molecule has 1 amide bonds. The Labute approximate surface area is 134 Å². The van der Waals surface area contributed by atoms with Crippen LogP contribution in [0.3, 0.4) is 0 Å². The zero-order valence-electron chi connectivity index (χ0n) is 12.9. The molecule has 0 saturated carbocycles. The van der Waals surface area contributed by atoms with Gasteiger partial charge >= 0.3 is 0 Å². The lowest BCUT2D eigenvalue weighted by Crippen LogP contribution is -2.11. The van der Waals surface area contributed by atoms with Crippen molar-refractivity contribution in [1.29, 1.82) is 0 Å². The van der Waals surface area contributed by atoms with E-state index >= 15 is 0 Å². The minimum absolute atomic E-state index is 0.0475. The molecule has 0 aromatic heterocycles. The summed E-state index contributed by atoms with van der Waals surface area (Å²) in [6.07, 6.45) is 4.83. The van der Waals surface area contributed by atoms with E-state index in [4.69, 9.17) is 0 Å². The molecule has 0 fully saturated rings. The topological polar surface area (TPSA) is 72.2 Å². The lowest BCUT2D eigenvalue weighted by Gasteiger charge is -2.08. The predicted molar refractivity (Wildman–Crippen MR) is 92.0 cm³/mol. The van der Waals surface area contributed by atoms with Gasteiger partial charge < -0.3 is 5.32 Å².